The SMILES string of the molecule is COc1ccc(Cn2nc(-c3ccccc3OC)ccc2=O)cc1. The second-order valence-electron chi connectivity index (χ2n) is 5.26. The third-order valence-electron chi connectivity index (χ3n) is 3.74. The number of hydrogen-bond donors (Lipinski definition) is 0. The highest BCUT2D eigenvalue weighted by Crippen LogP contribution is 2.27. The van der Waals surface area contributed by atoms with Crippen LogP contribution in [0.4, 0.5) is 0 Å². The minimum atomic E-state index is -0.149. The van der Waals surface area contributed by atoms with Gasteiger partial charge in [-0.25, -0.2) is 4.68 Å². The number of nitrogens with zero attached hydrogens (tertiary/aromatic N) is 2. The van der Waals surface area contributed by atoms with Gasteiger partial charge in [0.1, 0.15) is 11.5 Å². The Morgan fingerprint density at radius 2 is 1.67 bits per heavy atom. The monoisotopic (exact) mass is 322 g/mol. The van der Waals surface area contributed by atoms with Gasteiger partial charge >= 0.3 is 0 Å². The van der Waals surface area contributed by atoms with E-state index in [0.717, 1.165) is 22.6 Å². The second-order valence-corrected chi connectivity index (χ2v) is 5.26. The molecule has 0 aliphatic rings. The maximum Gasteiger partial charge on any atom is 0.267 e. The molecule has 0 spiro atoms. The number of methoxy groups -OCH3 is 2. The predicted molar refractivity (Wildman–Crippen MR) is 92.6 cm³/mol. The van der Waals surface area contributed by atoms with Crippen molar-refractivity contribution in [1.29, 1.82) is 0 Å². The molecule has 0 radical (unpaired) electrons. The zero-order valence-corrected chi connectivity index (χ0v) is 13.6. The molecule has 0 bridgehead atoms. The van der Waals surface area contributed by atoms with Crippen LogP contribution in [-0.2, 0) is 6.54 Å². The standard InChI is InChI=1S/C19H18N2O3/c1-23-15-9-7-14(8-10-15)13-21-19(22)12-11-17(20-21)16-5-3-4-6-18(16)24-2/h3-12H,13H2,1-2H3. The van der Waals surface area contributed by atoms with E-state index < -0.39 is 0 Å². The molecule has 1 heterocycles. The van der Waals surface area contributed by atoms with Gasteiger partial charge in [0.15, 0.2) is 0 Å². The van der Waals surface area contributed by atoms with E-state index in [4.69, 9.17) is 9.47 Å². The van der Waals surface area contributed by atoms with Crippen LogP contribution in [0.1, 0.15) is 5.56 Å². The van der Waals surface area contributed by atoms with Crippen LogP contribution in [0.2, 0.25) is 0 Å². The number of hydrogen-bond acceptors (Lipinski definition) is 4. The fraction of sp³-hybridized carbons (Fsp3) is 0.158. The van der Waals surface area contributed by atoms with Crippen molar-refractivity contribution in [2.45, 2.75) is 6.54 Å². The lowest BCUT2D eigenvalue weighted by Gasteiger charge is -2.10. The molecular formula is C19H18N2O3. The largest absolute Gasteiger partial charge is 0.497 e. The van der Waals surface area contributed by atoms with Crippen molar-refractivity contribution in [2.75, 3.05) is 14.2 Å². The summed E-state index contributed by atoms with van der Waals surface area (Å²) >= 11 is 0. The summed E-state index contributed by atoms with van der Waals surface area (Å²) in [7, 11) is 3.24. The molecule has 0 saturated heterocycles. The van der Waals surface area contributed by atoms with Crippen molar-refractivity contribution in [1.82, 2.24) is 9.78 Å². The molecule has 0 aliphatic heterocycles. The van der Waals surface area contributed by atoms with E-state index in [9.17, 15) is 4.79 Å². The van der Waals surface area contributed by atoms with Crippen molar-refractivity contribution < 1.29 is 9.47 Å². The zero-order valence-electron chi connectivity index (χ0n) is 13.6. The van der Waals surface area contributed by atoms with Crippen molar-refractivity contribution in [2.24, 2.45) is 0 Å². The van der Waals surface area contributed by atoms with E-state index in [1.54, 1.807) is 20.3 Å². The quantitative estimate of drug-likeness (QED) is 0.725. The summed E-state index contributed by atoms with van der Waals surface area (Å²) in [5.74, 6) is 1.50. The first-order chi connectivity index (χ1) is 11.7. The minimum Gasteiger partial charge on any atom is -0.497 e. The molecule has 3 aromatic rings. The highest BCUT2D eigenvalue weighted by molar-refractivity contribution is 5.66. The molecule has 0 N–H and O–H groups in total. The Morgan fingerprint density at radius 3 is 2.38 bits per heavy atom. The normalized spacial score (nSPS) is 10.4. The summed E-state index contributed by atoms with van der Waals surface area (Å²) < 4.78 is 12.0. The van der Waals surface area contributed by atoms with E-state index >= 15 is 0 Å². The Labute approximate surface area is 140 Å². The maximum atomic E-state index is 12.1. The molecule has 0 saturated carbocycles. The first-order valence-corrected chi connectivity index (χ1v) is 7.56. The van der Waals surface area contributed by atoms with Crippen molar-refractivity contribution in [3.8, 4) is 22.8 Å². The summed E-state index contributed by atoms with van der Waals surface area (Å²) in [6.07, 6.45) is 0. The van der Waals surface area contributed by atoms with Gasteiger partial charge < -0.3 is 9.47 Å². The molecule has 0 aliphatic carbocycles. The van der Waals surface area contributed by atoms with Crippen molar-refractivity contribution in [3.05, 3.63) is 76.6 Å². The number of aromatic nitrogens is 2. The molecule has 0 unspecified atom stereocenters. The van der Waals surface area contributed by atoms with Crippen LogP contribution in [-0.4, -0.2) is 24.0 Å². The molecule has 3 rings (SSSR count). The van der Waals surface area contributed by atoms with Gasteiger partial charge in [0, 0.05) is 11.6 Å². The molecule has 5 heteroatoms. The fourth-order valence-corrected chi connectivity index (χ4v) is 2.47. The van der Waals surface area contributed by atoms with Crippen LogP contribution in [0.5, 0.6) is 11.5 Å². The predicted octanol–water partition coefficient (Wildman–Crippen LogP) is 2.98. The average molecular weight is 322 g/mol. The maximum absolute atomic E-state index is 12.1. The number of ether oxygens (including phenoxy) is 2. The number of benzene rings is 2. The van der Waals surface area contributed by atoms with Crippen LogP contribution in [0, 0.1) is 0 Å². The summed E-state index contributed by atoms with van der Waals surface area (Å²) in [6, 6.07) is 18.4. The van der Waals surface area contributed by atoms with Gasteiger partial charge in [0.05, 0.1) is 26.5 Å². The van der Waals surface area contributed by atoms with E-state index in [1.165, 1.54) is 10.7 Å². The third kappa shape index (κ3) is 3.30. The number of rotatable bonds is 5. The molecule has 5 nitrogen and oxygen atoms in total. The van der Waals surface area contributed by atoms with Crippen LogP contribution in [0.3, 0.4) is 0 Å². The smallest absolute Gasteiger partial charge is 0.267 e. The highest BCUT2D eigenvalue weighted by atomic mass is 16.5. The molecule has 0 atom stereocenters. The van der Waals surface area contributed by atoms with Gasteiger partial charge in [-0.1, -0.05) is 24.3 Å². The summed E-state index contributed by atoms with van der Waals surface area (Å²) in [4.78, 5) is 12.1. The molecule has 0 fully saturated rings. The van der Waals surface area contributed by atoms with Crippen LogP contribution < -0.4 is 15.0 Å². The lowest BCUT2D eigenvalue weighted by molar-refractivity contribution is 0.414. The highest BCUT2D eigenvalue weighted by Gasteiger charge is 2.09. The topological polar surface area (TPSA) is 53.4 Å². The van der Waals surface area contributed by atoms with Gasteiger partial charge in [-0.05, 0) is 35.9 Å². The van der Waals surface area contributed by atoms with Gasteiger partial charge in [0.25, 0.3) is 5.56 Å². The van der Waals surface area contributed by atoms with Gasteiger partial charge in [-0.2, -0.15) is 5.10 Å². The van der Waals surface area contributed by atoms with Gasteiger partial charge in [0.2, 0.25) is 0 Å². The van der Waals surface area contributed by atoms with Crippen LogP contribution >= 0.6 is 0 Å². The van der Waals surface area contributed by atoms with Crippen LogP contribution in [0.25, 0.3) is 11.3 Å². The molecule has 24 heavy (non-hydrogen) atoms. The number of para-hydroxylation sites is 1. The lowest BCUT2D eigenvalue weighted by atomic mass is 10.1. The molecular weight excluding hydrogens is 304 g/mol. The Hall–Kier alpha value is -3.08. The Bertz CT molecular complexity index is 886. The third-order valence-corrected chi connectivity index (χ3v) is 3.74. The van der Waals surface area contributed by atoms with Crippen molar-refractivity contribution >= 4 is 0 Å². The Morgan fingerprint density at radius 1 is 0.917 bits per heavy atom. The average Bonchev–Trinajstić information content (AvgIpc) is 2.64. The van der Waals surface area contributed by atoms with Gasteiger partial charge in [-0.3, -0.25) is 4.79 Å². The summed E-state index contributed by atoms with van der Waals surface area (Å²) in [5.41, 5.74) is 2.37. The minimum absolute atomic E-state index is 0.149. The second kappa shape index (κ2) is 7.00. The summed E-state index contributed by atoms with van der Waals surface area (Å²) in [5, 5.41) is 4.48. The van der Waals surface area contributed by atoms with Gasteiger partial charge in [-0.15, -0.1) is 0 Å². The van der Waals surface area contributed by atoms with Crippen LogP contribution in [0.15, 0.2) is 65.5 Å². The fourth-order valence-electron chi connectivity index (χ4n) is 2.47. The zero-order chi connectivity index (χ0) is 16.9. The first-order valence-electron chi connectivity index (χ1n) is 7.56. The van der Waals surface area contributed by atoms with E-state index in [-0.39, 0.29) is 5.56 Å². The van der Waals surface area contributed by atoms with E-state index in [1.807, 2.05) is 48.5 Å². The molecule has 0 amide bonds. The Balaban J connectivity index is 1.95. The van der Waals surface area contributed by atoms with E-state index in [2.05, 4.69) is 5.10 Å². The molecule has 2 aromatic carbocycles. The lowest BCUT2D eigenvalue weighted by Crippen LogP contribution is -2.22. The Kier molecular flexibility index (Phi) is 4.61. The molecule has 122 valence electrons. The summed E-state index contributed by atoms with van der Waals surface area (Å²) in [6.45, 7) is 0.395. The van der Waals surface area contributed by atoms with Crippen molar-refractivity contribution in [3.63, 3.8) is 0 Å². The van der Waals surface area contributed by atoms with E-state index in [0.29, 0.717) is 12.2 Å². The first kappa shape index (κ1) is 15.8. The molecule has 1 aromatic heterocycles.